The maximum atomic E-state index is 12.1. The fraction of sp³-hybridized carbons (Fsp3) is 0.706. The van der Waals surface area contributed by atoms with E-state index in [0.29, 0.717) is 13.2 Å². The summed E-state index contributed by atoms with van der Waals surface area (Å²) in [6.45, 7) is 5.98. The van der Waals surface area contributed by atoms with Crippen LogP contribution in [0.1, 0.15) is 12.8 Å². The van der Waals surface area contributed by atoms with Crippen LogP contribution in [0.15, 0.2) is 12.1 Å². The lowest BCUT2D eigenvalue weighted by atomic mass is 9.96. The third-order valence-electron chi connectivity index (χ3n) is 4.77. The number of anilines is 2. The Balaban J connectivity index is 1.48. The molecule has 2 fully saturated rings. The third-order valence-corrected chi connectivity index (χ3v) is 4.77. The molecule has 25 heavy (non-hydrogen) atoms. The number of nitrogens with one attached hydrogen (secondary N) is 1. The molecule has 138 valence electrons. The van der Waals surface area contributed by atoms with E-state index in [2.05, 4.69) is 25.3 Å². The molecule has 0 atom stereocenters. The minimum Gasteiger partial charge on any atom is -0.383 e. The normalized spacial score (nSPS) is 19.1. The zero-order valence-electron chi connectivity index (χ0n) is 14.8. The minimum absolute atomic E-state index is 0.0775. The van der Waals surface area contributed by atoms with Crippen molar-refractivity contribution in [2.24, 2.45) is 5.92 Å². The number of amides is 1. The van der Waals surface area contributed by atoms with Crippen LogP contribution >= 0.6 is 0 Å². The first-order valence-corrected chi connectivity index (χ1v) is 8.96. The predicted molar refractivity (Wildman–Crippen MR) is 94.9 cm³/mol. The molecule has 1 amide bonds. The average molecular weight is 349 g/mol. The summed E-state index contributed by atoms with van der Waals surface area (Å²) in [5, 5.41) is 11.7. The maximum Gasteiger partial charge on any atom is 0.223 e. The Morgan fingerprint density at radius 1 is 1.16 bits per heavy atom. The van der Waals surface area contributed by atoms with Crippen molar-refractivity contribution in [2.45, 2.75) is 12.8 Å². The number of piperidine rings is 1. The first kappa shape index (κ1) is 17.9. The number of hydrogen-bond donors (Lipinski definition) is 1. The van der Waals surface area contributed by atoms with Gasteiger partial charge in [-0.3, -0.25) is 4.79 Å². The fourth-order valence-corrected chi connectivity index (χ4v) is 3.24. The molecule has 1 aromatic rings. The highest BCUT2D eigenvalue weighted by Crippen LogP contribution is 2.23. The number of carbonyl (C=O) groups excluding carboxylic acids is 1. The smallest absolute Gasteiger partial charge is 0.223 e. The molecule has 0 aromatic carbocycles. The van der Waals surface area contributed by atoms with Gasteiger partial charge >= 0.3 is 0 Å². The van der Waals surface area contributed by atoms with Crippen LogP contribution < -0.4 is 15.1 Å². The molecule has 0 unspecified atom stereocenters. The lowest BCUT2D eigenvalue weighted by Gasteiger charge is -2.32. The van der Waals surface area contributed by atoms with Crippen molar-refractivity contribution in [3.05, 3.63) is 12.1 Å². The highest BCUT2D eigenvalue weighted by molar-refractivity contribution is 5.78. The number of nitrogens with zero attached hydrogens (tertiary/aromatic N) is 4. The van der Waals surface area contributed by atoms with Gasteiger partial charge in [0, 0.05) is 45.8 Å². The Labute approximate surface area is 148 Å². The molecule has 0 aliphatic carbocycles. The van der Waals surface area contributed by atoms with Crippen LogP contribution in [-0.4, -0.2) is 75.8 Å². The van der Waals surface area contributed by atoms with Gasteiger partial charge in [-0.25, -0.2) is 0 Å². The van der Waals surface area contributed by atoms with Crippen molar-refractivity contribution in [1.29, 1.82) is 0 Å². The number of morpholine rings is 1. The van der Waals surface area contributed by atoms with Crippen LogP contribution in [0.5, 0.6) is 0 Å². The minimum atomic E-state index is 0.0775. The van der Waals surface area contributed by atoms with E-state index >= 15 is 0 Å². The largest absolute Gasteiger partial charge is 0.383 e. The van der Waals surface area contributed by atoms with Crippen molar-refractivity contribution in [3.63, 3.8) is 0 Å². The van der Waals surface area contributed by atoms with Gasteiger partial charge in [-0.15, -0.1) is 10.2 Å². The van der Waals surface area contributed by atoms with Gasteiger partial charge in [0.05, 0.1) is 19.8 Å². The highest BCUT2D eigenvalue weighted by Gasteiger charge is 2.25. The maximum absolute atomic E-state index is 12.1. The summed E-state index contributed by atoms with van der Waals surface area (Å²) in [6.07, 6.45) is 1.68. The van der Waals surface area contributed by atoms with E-state index in [1.54, 1.807) is 7.11 Å². The van der Waals surface area contributed by atoms with E-state index in [4.69, 9.17) is 9.47 Å². The lowest BCUT2D eigenvalue weighted by molar-refractivity contribution is -0.125. The Bertz CT molecular complexity index is 540. The van der Waals surface area contributed by atoms with E-state index in [1.807, 2.05) is 12.1 Å². The molecule has 2 aliphatic heterocycles. The number of methoxy groups -OCH3 is 1. The number of rotatable bonds is 6. The van der Waals surface area contributed by atoms with Crippen molar-refractivity contribution in [1.82, 2.24) is 15.5 Å². The average Bonchev–Trinajstić information content (AvgIpc) is 2.69. The van der Waals surface area contributed by atoms with Crippen LogP contribution in [0.3, 0.4) is 0 Å². The molecule has 3 heterocycles. The molecule has 1 N–H and O–H groups in total. The topological polar surface area (TPSA) is 79.8 Å². The molecule has 2 aliphatic rings. The lowest BCUT2D eigenvalue weighted by Crippen LogP contribution is -2.41. The van der Waals surface area contributed by atoms with E-state index in [1.165, 1.54) is 0 Å². The Hall–Kier alpha value is -1.93. The van der Waals surface area contributed by atoms with Gasteiger partial charge in [-0.05, 0) is 25.0 Å². The van der Waals surface area contributed by atoms with Crippen LogP contribution in [0.2, 0.25) is 0 Å². The van der Waals surface area contributed by atoms with Crippen molar-refractivity contribution in [3.8, 4) is 0 Å². The summed E-state index contributed by atoms with van der Waals surface area (Å²) in [5.41, 5.74) is 0. The van der Waals surface area contributed by atoms with Crippen LogP contribution in [0.4, 0.5) is 11.6 Å². The zero-order valence-corrected chi connectivity index (χ0v) is 14.8. The van der Waals surface area contributed by atoms with Gasteiger partial charge in [0.15, 0.2) is 11.6 Å². The Morgan fingerprint density at radius 2 is 1.76 bits per heavy atom. The van der Waals surface area contributed by atoms with Gasteiger partial charge in [0.25, 0.3) is 0 Å². The van der Waals surface area contributed by atoms with Gasteiger partial charge in [0.1, 0.15) is 0 Å². The fourth-order valence-electron chi connectivity index (χ4n) is 3.24. The SMILES string of the molecule is COCCNC(=O)C1CCN(c2ccc(N3CCOCC3)nn2)CC1. The molecule has 8 heteroatoms. The first-order chi connectivity index (χ1) is 12.3. The quantitative estimate of drug-likeness (QED) is 0.740. The molecule has 8 nitrogen and oxygen atoms in total. The van der Waals surface area contributed by atoms with Crippen molar-refractivity contribution >= 4 is 17.5 Å². The molecule has 0 bridgehead atoms. The van der Waals surface area contributed by atoms with E-state index in [0.717, 1.165) is 63.9 Å². The van der Waals surface area contributed by atoms with Crippen LogP contribution in [0, 0.1) is 5.92 Å². The van der Waals surface area contributed by atoms with E-state index in [9.17, 15) is 4.79 Å². The summed E-state index contributed by atoms with van der Waals surface area (Å²) in [6, 6.07) is 4.05. The molecule has 0 radical (unpaired) electrons. The van der Waals surface area contributed by atoms with Crippen LogP contribution in [0.25, 0.3) is 0 Å². The molecular weight excluding hydrogens is 322 g/mol. The first-order valence-electron chi connectivity index (χ1n) is 8.96. The van der Waals surface area contributed by atoms with Crippen molar-refractivity contribution in [2.75, 3.05) is 69.5 Å². The summed E-state index contributed by atoms with van der Waals surface area (Å²) in [4.78, 5) is 16.5. The molecular formula is C17H27N5O3. The molecule has 2 saturated heterocycles. The molecule has 0 saturated carbocycles. The molecule has 0 spiro atoms. The van der Waals surface area contributed by atoms with E-state index in [-0.39, 0.29) is 11.8 Å². The molecule has 3 rings (SSSR count). The Morgan fingerprint density at radius 3 is 2.32 bits per heavy atom. The Kier molecular flexibility index (Phi) is 6.41. The van der Waals surface area contributed by atoms with E-state index < -0.39 is 0 Å². The predicted octanol–water partition coefficient (Wildman–Crippen LogP) is 0.292. The van der Waals surface area contributed by atoms with Gasteiger partial charge < -0.3 is 24.6 Å². The summed E-state index contributed by atoms with van der Waals surface area (Å²) >= 11 is 0. The standard InChI is InChI=1S/C17H27N5O3/c1-24-11-6-18-17(23)14-4-7-21(8-5-14)15-2-3-16(20-19-15)22-9-12-25-13-10-22/h2-3,14H,4-13H2,1H3,(H,18,23). The number of carbonyl (C=O) groups is 1. The third kappa shape index (κ3) is 4.79. The number of hydrogen-bond acceptors (Lipinski definition) is 7. The highest BCUT2D eigenvalue weighted by atomic mass is 16.5. The second kappa shape index (κ2) is 8.96. The number of aromatic nitrogens is 2. The monoisotopic (exact) mass is 349 g/mol. The van der Waals surface area contributed by atoms with Gasteiger partial charge in [-0.1, -0.05) is 0 Å². The second-order valence-corrected chi connectivity index (χ2v) is 6.39. The van der Waals surface area contributed by atoms with Crippen LogP contribution in [-0.2, 0) is 14.3 Å². The number of ether oxygens (including phenoxy) is 2. The summed E-state index contributed by atoms with van der Waals surface area (Å²) in [7, 11) is 1.63. The zero-order chi connectivity index (χ0) is 17.5. The molecule has 1 aromatic heterocycles. The summed E-state index contributed by atoms with van der Waals surface area (Å²) < 4.78 is 10.3. The van der Waals surface area contributed by atoms with Crippen molar-refractivity contribution < 1.29 is 14.3 Å². The summed E-state index contributed by atoms with van der Waals surface area (Å²) in [5.74, 6) is 1.99. The van der Waals surface area contributed by atoms with Gasteiger partial charge in [0.2, 0.25) is 5.91 Å². The van der Waals surface area contributed by atoms with Gasteiger partial charge in [-0.2, -0.15) is 0 Å². The second-order valence-electron chi connectivity index (χ2n) is 6.39.